The summed E-state index contributed by atoms with van der Waals surface area (Å²) in [6, 6.07) is 0. The summed E-state index contributed by atoms with van der Waals surface area (Å²) in [5, 5.41) is 0. The maximum Gasteiger partial charge on any atom is 0 e. The summed E-state index contributed by atoms with van der Waals surface area (Å²) in [6.07, 6.45) is 6.30. The van der Waals surface area contributed by atoms with Gasteiger partial charge in [0, 0.05) is 21.1 Å². The van der Waals surface area contributed by atoms with Crippen LogP contribution in [0.2, 0.25) is 0 Å². The molecule has 0 nitrogen and oxygen atoms in total. The second-order valence-electron chi connectivity index (χ2n) is 1.26. The van der Waals surface area contributed by atoms with Gasteiger partial charge in [-0.25, -0.2) is 19.1 Å². The molecule has 0 aromatic rings. The second-order valence-corrected chi connectivity index (χ2v) is 1.26. The first-order chi connectivity index (χ1) is 2.91. The molecule has 0 spiro atoms. The van der Waals surface area contributed by atoms with Crippen molar-refractivity contribution in [3.05, 3.63) is 19.1 Å². The van der Waals surface area contributed by atoms with Crippen LogP contribution in [0.25, 0.3) is 0 Å². The molecule has 0 saturated carbocycles. The van der Waals surface area contributed by atoms with E-state index < -0.39 is 0 Å². The first-order valence-corrected chi connectivity index (χ1v) is 2.36. The molecule has 0 fully saturated rings. The molecule has 0 aliphatic carbocycles. The molecule has 0 atom stereocenters. The summed E-state index contributed by atoms with van der Waals surface area (Å²) in [5.74, 6) is 0. The Labute approximate surface area is 60.3 Å². The van der Waals surface area contributed by atoms with Crippen molar-refractivity contribution in [2.75, 3.05) is 0 Å². The van der Waals surface area contributed by atoms with E-state index in [9.17, 15) is 0 Å². The summed E-state index contributed by atoms with van der Waals surface area (Å²) < 4.78 is 0. The SMILES string of the molecule is [CH2-]/C=C/CCC.[W]. The number of hydrogen-bond donors (Lipinski definition) is 0. The van der Waals surface area contributed by atoms with Crippen molar-refractivity contribution in [1.82, 2.24) is 0 Å². The molecule has 42 valence electrons. The third-order valence-electron chi connectivity index (χ3n) is 0.622. The normalized spacial score (nSPS) is 8.71. The van der Waals surface area contributed by atoms with Crippen molar-refractivity contribution in [2.24, 2.45) is 0 Å². The van der Waals surface area contributed by atoms with Gasteiger partial charge in [-0.1, -0.05) is 13.3 Å². The van der Waals surface area contributed by atoms with Crippen LogP contribution in [0.3, 0.4) is 0 Å². The van der Waals surface area contributed by atoms with E-state index in [2.05, 4.69) is 19.9 Å². The second kappa shape index (κ2) is 9.57. The van der Waals surface area contributed by atoms with E-state index in [0.29, 0.717) is 0 Å². The van der Waals surface area contributed by atoms with E-state index in [1.807, 2.05) is 6.08 Å². The van der Waals surface area contributed by atoms with E-state index in [4.69, 9.17) is 0 Å². The Morgan fingerprint density at radius 3 is 2.29 bits per heavy atom. The number of hydrogen-bond acceptors (Lipinski definition) is 0. The summed E-state index contributed by atoms with van der Waals surface area (Å²) >= 11 is 0. The Morgan fingerprint density at radius 2 is 2.14 bits per heavy atom. The molecule has 0 aromatic heterocycles. The molecule has 0 radical (unpaired) electrons. The molecule has 0 unspecified atom stereocenters. The maximum absolute atomic E-state index is 3.54. The van der Waals surface area contributed by atoms with Gasteiger partial charge in [0.1, 0.15) is 0 Å². The minimum absolute atomic E-state index is 0. The van der Waals surface area contributed by atoms with Crippen LogP contribution in [-0.2, 0) is 21.1 Å². The van der Waals surface area contributed by atoms with Gasteiger partial charge in [-0.3, -0.25) is 0 Å². The Balaban J connectivity index is 0. The predicted molar refractivity (Wildman–Crippen MR) is 29.4 cm³/mol. The van der Waals surface area contributed by atoms with Crippen LogP contribution in [0.5, 0.6) is 0 Å². The van der Waals surface area contributed by atoms with E-state index >= 15 is 0 Å². The Morgan fingerprint density at radius 1 is 1.57 bits per heavy atom. The molecule has 0 rings (SSSR count). The Hall–Kier alpha value is 0.298. The fourth-order valence-corrected chi connectivity index (χ4v) is 0.285. The van der Waals surface area contributed by atoms with Gasteiger partial charge in [-0.2, -0.15) is 0 Å². The third-order valence-corrected chi connectivity index (χ3v) is 0.622. The van der Waals surface area contributed by atoms with Crippen LogP contribution in [0, 0.1) is 6.92 Å². The van der Waals surface area contributed by atoms with Crippen molar-refractivity contribution in [3.8, 4) is 0 Å². The molecule has 7 heavy (non-hydrogen) atoms. The number of rotatable bonds is 2. The van der Waals surface area contributed by atoms with Crippen LogP contribution in [0.1, 0.15) is 19.8 Å². The minimum Gasteiger partial charge on any atom is -0.245 e. The molecule has 0 amide bonds. The van der Waals surface area contributed by atoms with Crippen molar-refractivity contribution in [2.45, 2.75) is 19.8 Å². The van der Waals surface area contributed by atoms with Crippen LogP contribution >= 0.6 is 0 Å². The van der Waals surface area contributed by atoms with Crippen LogP contribution in [0.15, 0.2) is 12.2 Å². The molecule has 0 saturated heterocycles. The third kappa shape index (κ3) is 10.7. The average Bonchev–Trinajstić information content (AvgIpc) is 1.61. The van der Waals surface area contributed by atoms with Gasteiger partial charge in [-0.15, -0.1) is 6.42 Å². The van der Waals surface area contributed by atoms with Crippen molar-refractivity contribution < 1.29 is 21.1 Å². The molecule has 0 heterocycles. The molecule has 0 bridgehead atoms. The van der Waals surface area contributed by atoms with Crippen LogP contribution < -0.4 is 0 Å². The predicted octanol–water partition coefficient (Wildman–Crippen LogP) is 2.17. The Kier molecular flexibility index (Phi) is 14.1. The van der Waals surface area contributed by atoms with Crippen molar-refractivity contribution in [1.29, 1.82) is 0 Å². The summed E-state index contributed by atoms with van der Waals surface area (Å²) in [4.78, 5) is 0. The van der Waals surface area contributed by atoms with Gasteiger partial charge in [0.05, 0.1) is 0 Å². The van der Waals surface area contributed by atoms with E-state index in [1.54, 1.807) is 0 Å². The van der Waals surface area contributed by atoms with Gasteiger partial charge in [-0.05, 0) is 0 Å². The standard InChI is InChI=1S/C6H11.W/c1-3-5-6-4-2;/h3,5H,1,4,6H2,2H3;/q-1;/b5-3+;. The topological polar surface area (TPSA) is 0 Å². The van der Waals surface area contributed by atoms with Gasteiger partial charge < -0.3 is 0 Å². The average molecular weight is 267 g/mol. The zero-order valence-corrected chi connectivity index (χ0v) is 7.62. The molecular formula is C6H11W-. The van der Waals surface area contributed by atoms with Crippen LogP contribution in [-0.4, -0.2) is 0 Å². The first-order valence-electron chi connectivity index (χ1n) is 2.36. The first kappa shape index (κ1) is 10.3. The Bertz CT molecular complexity index is 39.4. The number of allylic oxidation sites excluding steroid dienone is 2. The van der Waals surface area contributed by atoms with Gasteiger partial charge in [0.15, 0.2) is 0 Å². The van der Waals surface area contributed by atoms with E-state index in [-0.39, 0.29) is 21.1 Å². The molecule has 0 N–H and O–H groups in total. The number of unbranched alkanes of at least 4 members (excludes halogenated alkanes) is 1. The quantitative estimate of drug-likeness (QED) is 0.673. The summed E-state index contributed by atoms with van der Waals surface area (Å²) in [5.41, 5.74) is 0. The van der Waals surface area contributed by atoms with Gasteiger partial charge >= 0.3 is 0 Å². The smallest absolute Gasteiger partial charge is 0 e. The van der Waals surface area contributed by atoms with E-state index in [0.717, 1.165) is 0 Å². The monoisotopic (exact) mass is 267 g/mol. The molecule has 1 heteroatoms. The van der Waals surface area contributed by atoms with Crippen molar-refractivity contribution >= 4 is 0 Å². The largest absolute Gasteiger partial charge is 0.245 e. The zero-order valence-electron chi connectivity index (χ0n) is 4.68. The fourth-order valence-electron chi connectivity index (χ4n) is 0.285. The van der Waals surface area contributed by atoms with E-state index in [1.165, 1.54) is 12.8 Å². The summed E-state index contributed by atoms with van der Waals surface area (Å²) in [6.45, 7) is 5.70. The van der Waals surface area contributed by atoms with Crippen LogP contribution in [0.4, 0.5) is 0 Å². The molecule has 0 aromatic carbocycles. The molecule has 0 aliphatic rings. The zero-order chi connectivity index (χ0) is 4.83. The minimum atomic E-state index is 0. The summed E-state index contributed by atoms with van der Waals surface area (Å²) in [7, 11) is 0. The van der Waals surface area contributed by atoms with Gasteiger partial charge in [0.2, 0.25) is 0 Å². The van der Waals surface area contributed by atoms with Gasteiger partial charge in [0.25, 0.3) is 0 Å². The fraction of sp³-hybridized carbons (Fsp3) is 0.500. The molecular weight excluding hydrogens is 256 g/mol. The van der Waals surface area contributed by atoms with Crippen molar-refractivity contribution in [3.63, 3.8) is 0 Å². The maximum atomic E-state index is 3.54. The molecule has 0 aliphatic heterocycles.